The molecule has 0 bridgehead atoms. The summed E-state index contributed by atoms with van der Waals surface area (Å²) < 4.78 is 9.68. The Morgan fingerprint density at radius 1 is 0.750 bits per heavy atom. The van der Waals surface area contributed by atoms with E-state index >= 15 is 0 Å². The Labute approximate surface area is 141 Å². The fourth-order valence-electron chi connectivity index (χ4n) is 1.52. The molecule has 2 aromatic rings. The quantitative estimate of drug-likeness (QED) is 0.883. The van der Waals surface area contributed by atoms with Crippen molar-refractivity contribution >= 4 is 11.9 Å². The van der Waals surface area contributed by atoms with Gasteiger partial charge in [0.15, 0.2) is 0 Å². The first-order valence-corrected chi connectivity index (χ1v) is 7.22. The predicted molar refractivity (Wildman–Crippen MR) is 91.3 cm³/mol. The molecule has 0 unspecified atom stereocenters. The van der Waals surface area contributed by atoms with Gasteiger partial charge < -0.3 is 19.7 Å². The van der Waals surface area contributed by atoms with Crippen LogP contribution in [-0.2, 0) is 0 Å². The molecule has 24 heavy (non-hydrogen) atoms. The monoisotopic (exact) mass is 334 g/mol. The van der Waals surface area contributed by atoms with Crippen molar-refractivity contribution in [3.63, 3.8) is 0 Å². The molecule has 0 atom stereocenters. The van der Waals surface area contributed by atoms with Gasteiger partial charge in [-0.1, -0.05) is 32.0 Å². The lowest BCUT2D eigenvalue weighted by atomic mass is 10.1. The lowest BCUT2D eigenvalue weighted by Gasteiger charge is -2.03. The first-order chi connectivity index (χ1) is 11.5. The third-order valence-corrected chi connectivity index (χ3v) is 2.62. The van der Waals surface area contributed by atoms with E-state index in [4.69, 9.17) is 19.7 Å². The Balaban J connectivity index is 0.000000447. The van der Waals surface area contributed by atoms with Crippen molar-refractivity contribution in [2.45, 2.75) is 13.8 Å². The molecular weight excluding hydrogens is 312 g/mol. The molecule has 0 saturated heterocycles. The molecule has 0 aliphatic carbocycles. The topological polar surface area (TPSA) is 93.1 Å². The van der Waals surface area contributed by atoms with Crippen LogP contribution in [0.4, 0.5) is 0 Å². The summed E-state index contributed by atoms with van der Waals surface area (Å²) in [5, 5.41) is 17.3. The van der Waals surface area contributed by atoms with E-state index in [1.165, 1.54) is 19.2 Å². The average molecular weight is 334 g/mol. The van der Waals surface area contributed by atoms with Gasteiger partial charge in [-0.15, -0.1) is 0 Å². The number of carbonyl (C=O) groups is 2. The van der Waals surface area contributed by atoms with Gasteiger partial charge >= 0.3 is 11.9 Å². The van der Waals surface area contributed by atoms with Gasteiger partial charge in [0.2, 0.25) is 0 Å². The number of aromatic carboxylic acids is 2. The van der Waals surface area contributed by atoms with Crippen molar-refractivity contribution in [3.05, 3.63) is 59.7 Å². The largest absolute Gasteiger partial charge is 0.497 e. The van der Waals surface area contributed by atoms with Crippen LogP contribution in [0.15, 0.2) is 48.5 Å². The fourth-order valence-corrected chi connectivity index (χ4v) is 1.52. The van der Waals surface area contributed by atoms with Gasteiger partial charge in [-0.2, -0.15) is 0 Å². The van der Waals surface area contributed by atoms with E-state index in [9.17, 15) is 9.59 Å². The number of carboxylic acids is 2. The zero-order valence-electron chi connectivity index (χ0n) is 14.1. The molecule has 2 rings (SSSR count). The SMILES string of the molecule is CC.COc1cc(C(=O)O)cc(C(=O)O)c1.COc1ccccc1. The van der Waals surface area contributed by atoms with Crippen molar-refractivity contribution < 1.29 is 29.3 Å². The summed E-state index contributed by atoms with van der Waals surface area (Å²) in [6, 6.07) is 13.3. The number of carboxylic acid groups (broad SMARTS) is 2. The van der Waals surface area contributed by atoms with Crippen LogP contribution in [0.25, 0.3) is 0 Å². The second kappa shape index (κ2) is 11.5. The summed E-state index contributed by atoms with van der Waals surface area (Å²) in [5.41, 5.74) is -0.219. The van der Waals surface area contributed by atoms with Gasteiger partial charge in [0.1, 0.15) is 11.5 Å². The molecular formula is C18H22O6. The van der Waals surface area contributed by atoms with Crippen LogP contribution < -0.4 is 9.47 Å². The third kappa shape index (κ3) is 7.31. The van der Waals surface area contributed by atoms with Crippen LogP contribution in [0.2, 0.25) is 0 Å². The third-order valence-electron chi connectivity index (χ3n) is 2.62. The van der Waals surface area contributed by atoms with Crippen molar-refractivity contribution in [2.75, 3.05) is 14.2 Å². The Kier molecular flexibility index (Phi) is 10.1. The number of benzene rings is 2. The number of hydrogen-bond donors (Lipinski definition) is 2. The number of para-hydroxylation sites is 1. The molecule has 6 heteroatoms. The van der Waals surface area contributed by atoms with E-state index in [0.717, 1.165) is 11.8 Å². The number of rotatable bonds is 4. The van der Waals surface area contributed by atoms with Gasteiger partial charge in [-0.3, -0.25) is 0 Å². The van der Waals surface area contributed by atoms with Gasteiger partial charge in [0.05, 0.1) is 25.3 Å². The zero-order valence-corrected chi connectivity index (χ0v) is 14.1. The zero-order chi connectivity index (χ0) is 18.5. The minimum atomic E-state index is -1.19. The summed E-state index contributed by atoms with van der Waals surface area (Å²) in [4.78, 5) is 21.2. The number of methoxy groups -OCH3 is 2. The van der Waals surface area contributed by atoms with Gasteiger partial charge in [-0.25, -0.2) is 9.59 Å². The summed E-state index contributed by atoms with van der Waals surface area (Å²) in [5.74, 6) is -1.26. The summed E-state index contributed by atoms with van der Waals surface area (Å²) in [7, 11) is 3.00. The van der Waals surface area contributed by atoms with Gasteiger partial charge in [-0.05, 0) is 30.3 Å². The molecule has 0 heterocycles. The Hall–Kier alpha value is -3.02. The summed E-state index contributed by atoms with van der Waals surface area (Å²) >= 11 is 0. The first kappa shape index (κ1) is 21.0. The van der Waals surface area contributed by atoms with Crippen molar-refractivity contribution in [1.82, 2.24) is 0 Å². The lowest BCUT2D eigenvalue weighted by molar-refractivity contribution is 0.0696. The predicted octanol–water partition coefficient (Wildman–Crippen LogP) is 3.81. The maximum Gasteiger partial charge on any atom is 0.335 e. The normalized spacial score (nSPS) is 8.67. The van der Waals surface area contributed by atoms with E-state index in [1.54, 1.807) is 7.11 Å². The second-order valence-corrected chi connectivity index (χ2v) is 4.08. The molecule has 0 aliphatic heterocycles. The van der Waals surface area contributed by atoms with Crippen LogP contribution >= 0.6 is 0 Å². The van der Waals surface area contributed by atoms with Gasteiger partial charge in [0, 0.05) is 0 Å². The fraction of sp³-hybridized carbons (Fsp3) is 0.222. The molecule has 0 saturated carbocycles. The van der Waals surface area contributed by atoms with Crippen LogP contribution in [0.1, 0.15) is 34.6 Å². The highest BCUT2D eigenvalue weighted by molar-refractivity contribution is 5.94. The molecule has 2 N–H and O–H groups in total. The van der Waals surface area contributed by atoms with Crippen LogP contribution in [0, 0.1) is 0 Å². The minimum absolute atomic E-state index is 0.109. The van der Waals surface area contributed by atoms with Crippen LogP contribution in [0.5, 0.6) is 11.5 Å². The summed E-state index contributed by atoms with van der Waals surface area (Å²) in [6.07, 6.45) is 0. The smallest absolute Gasteiger partial charge is 0.335 e. The minimum Gasteiger partial charge on any atom is -0.497 e. The Bertz CT molecular complexity index is 605. The van der Waals surface area contributed by atoms with Crippen molar-refractivity contribution in [3.8, 4) is 11.5 Å². The molecule has 6 nitrogen and oxygen atoms in total. The molecule has 2 aromatic carbocycles. The number of hydrogen-bond acceptors (Lipinski definition) is 4. The molecule has 0 aliphatic rings. The maximum absolute atomic E-state index is 10.6. The van der Waals surface area contributed by atoms with E-state index in [1.807, 2.05) is 44.2 Å². The van der Waals surface area contributed by atoms with Crippen molar-refractivity contribution in [1.29, 1.82) is 0 Å². The standard InChI is InChI=1S/C9H8O5.C7H8O.C2H6/c1-14-7-3-5(8(10)11)2-6(4-7)9(12)13;1-8-7-5-3-2-4-6-7;1-2/h2-4H,1H3,(H,10,11)(H,12,13);2-6H,1H3;1-2H3. The van der Waals surface area contributed by atoms with Crippen molar-refractivity contribution in [2.24, 2.45) is 0 Å². The van der Waals surface area contributed by atoms with E-state index < -0.39 is 11.9 Å². The van der Waals surface area contributed by atoms with Gasteiger partial charge in [0.25, 0.3) is 0 Å². The Morgan fingerprint density at radius 3 is 1.46 bits per heavy atom. The van der Waals surface area contributed by atoms with Crippen LogP contribution in [-0.4, -0.2) is 36.4 Å². The van der Waals surface area contributed by atoms with E-state index in [0.29, 0.717) is 0 Å². The Morgan fingerprint density at radius 2 is 1.17 bits per heavy atom. The molecule has 0 radical (unpaired) electrons. The molecule has 0 fully saturated rings. The van der Waals surface area contributed by atoms with Crippen LogP contribution in [0.3, 0.4) is 0 Å². The maximum atomic E-state index is 10.6. The molecule has 130 valence electrons. The lowest BCUT2D eigenvalue weighted by Crippen LogP contribution is -2.03. The van der Waals surface area contributed by atoms with E-state index in [-0.39, 0.29) is 16.9 Å². The molecule has 0 spiro atoms. The average Bonchev–Trinajstić information content (AvgIpc) is 2.64. The highest BCUT2D eigenvalue weighted by Gasteiger charge is 2.11. The highest BCUT2D eigenvalue weighted by atomic mass is 16.5. The molecule has 0 aromatic heterocycles. The number of ether oxygens (including phenoxy) is 2. The second-order valence-electron chi connectivity index (χ2n) is 4.08. The van der Waals surface area contributed by atoms with E-state index in [2.05, 4.69) is 0 Å². The summed E-state index contributed by atoms with van der Waals surface area (Å²) in [6.45, 7) is 4.00. The highest BCUT2D eigenvalue weighted by Crippen LogP contribution is 2.17. The first-order valence-electron chi connectivity index (χ1n) is 7.22. The molecule has 0 amide bonds.